The molecule has 0 aliphatic heterocycles. The molecule has 0 saturated heterocycles. The highest BCUT2D eigenvalue weighted by Crippen LogP contribution is 2.24. The van der Waals surface area contributed by atoms with Gasteiger partial charge in [0.05, 0.1) is 0 Å². The van der Waals surface area contributed by atoms with Crippen LogP contribution in [0.4, 0.5) is 4.39 Å². The van der Waals surface area contributed by atoms with Crippen molar-refractivity contribution in [2.45, 2.75) is 13.0 Å². The van der Waals surface area contributed by atoms with Gasteiger partial charge in [-0.25, -0.2) is 9.18 Å². The van der Waals surface area contributed by atoms with E-state index in [0.717, 1.165) is 6.07 Å². The minimum absolute atomic E-state index is 0.169. The topological polar surface area (TPSA) is 66.4 Å². The second-order valence-corrected chi connectivity index (χ2v) is 3.99. The van der Waals surface area contributed by atoms with E-state index in [0.29, 0.717) is 4.47 Å². The van der Waals surface area contributed by atoms with Crippen molar-refractivity contribution in [1.82, 2.24) is 5.32 Å². The zero-order valence-corrected chi connectivity index (χ0v) is 9.92. The fourth-order valence-electron chi connectivity index (χ4n) is 1.21. The van der Waals surface area contributed by atoms with Crippen LogP contribution >= 0.6 is 15.9 Å². The van der Waals surface area contributed by atoms with Crippen LogP contribution in [-0.4, -0.2) is 17.0 Å². The Morgan fingerprint density at radius 1 is 1.50 bits per heavy atom. The average molecular weight is 290 g/mol. The van der Waals surface area contributed by atoms with Gasteiger partial charge in [-0.3, -0.25) is 4.79 Å². The van der Waals surface area contributed by atoms with E-state index in [2.05, 4.69) is 21.2 Å². The fourth-order valence-corrected chi connectivity index (χ4v) is 1.69. The first-order valence-corrected chi connectivity index (χ1v) is 5.16. The summed E-state index contributed by atoms with van der Waals surface area (Å²) in [5.41, 5.74) is 0.169. The number of carbonyl (C=O) groups excluding carboxylic acids is 1. The second-order valence-electron chi connectivity index (χ2n) is 3.14. The first-order chi connectivity index (χ1) is 7.41. The van der Waals surface area contributed by atoms with Crippen LogP contribution in [0.15, 0.2) is 22.7 Å². The molecule has 0 spiro atoms. The Hall–Kier alpha value is -1.43. The maximum absolute atomic E-state index is 13.0. The number of benzene rings is 1. The summed E-state index contributed by atoms with van der Waals surface area (Å²) in [6.45, 7) is 1.20. The lowest BCUT2D eigenvalue weighted by atomic mass is 10.1. The number of aliphatic carboxylic acids is 1. The van der Waals surface area contributed by atoms with Gasteiger partial charge < -0.3 is 10.4 Å². The number of halogens is 2. The lowest BCUT2D eigenvalue weighted by Gasteiger charge is -2.15. The Morgan fingerprint density at radius 2 is 2.12 bits per heavy atom. The minimum atomic E-state index is -1.26. The number of nitrogens with one attached hydrogen (secondary N) is 1. The van der Waals surface area contributed by atoms with E-state index < -0.39 is 23.7 Å². The van der Waals surface area contributed by atoms with Crippen LogP contribution in [0, 0.1) is 5.82 Å². The highest BCUT2D eigenvalue weighted by atomic mass is 79.9. The summed E-state index contributed by atoms with van der Waals surface area (Å²) in [4.78, 5) is 21.8. The van der Waals surface area contributed by atoms with Crippen molar-refractivity contribution >= 4 is 27.8 Å². The third-order valence-electron chi connectivity index (χ3n) is 1.86. The Morgan fingerprint density at radius 3 is 2.62 bits per heavy atom. The molecule has 16 heavy (non-hydrogen) atoms. The molecule has 4 nitrogen and oxygen atoms in total. The van der Waals surface area contributed by atoms with E-state index in [1.807, 2.05) is 0 Å². The van der Waals surface area contributed by atoms with Gasteiger partial charge in [0.15, 0.2) is 6.04 Å². The first kappa shape index (κ1) is 12.6. The SMILES string of the molecule is CC(=O)NC(C(=O)O)c1cc(F)ccc1Br. The molecule has 86 valence electrons. The molecule has 0 bridgehead atoms. The Labute approximate surface area is 99.6 Å². The van der Waals surface area contributed by atoms with Gasteiger partial charge in [0.25, 0.3) is 0 Å². The van der Waals surface area contributed by atoms with Crippen molar-refractivity contribution in [2.75, 3.05) is 0 Å². The molecule has 1 rings (SSSR count). The number of hydrogen-bond donors (Lipinski definition) is 2. The lowest BCUT2D eigenvalue weighted by Crippen LogP contribution is -2.32. The highest BCUT2D eigenvalue weighted by Gasteiger charge is 2.23. The van der Waals surface area contributed by atoms with Crippen molar-refractivity contribution in [1.29, 1.82) is 0 Å². The van der Waals surface area contributed by atoms with Crippen molar-refractivity contribution < 1.29 is 19.1 Å². The van der Waals surface area contributed by atoms with Gasteiger partial charge in [0.2, 0.25) is 5.91 Å². The Balaban J connectivity index is 3.14. The number of rotatable bonds is 3. The fraction of sp³-hybridized carbons (Fsp3) is 0.200. The van der Waals surface area contributed by atoms with Crippen molar-refractivity contribution in [2.24, 2.45) is 0 Å². The van der Waals surface area contributed by atoms with E-state index in [1.54, 1.807) is 0 Å². The summed E-state index contributed by atoms with van der Waals surface area (Å²) in [6.07, 6.45) is 0. The monoisotopic (exact) mass is 289 g/mol. The molecule has 1 aromatic rings. The smallest absolute Gasteiger partial charge is 0.330 e. The van der Waals surface area contributed by atoms with Crippen LogP contribution in [0.5, 0.6) is 0 Å². The second kappa shape index (κ2) is 5.07. The summed E-state index contributed by atoms with van der Waals surface area (Å²) in [7, 11) is 0. The molecular formula is C10H9BrFNO3. The van der Waals surface area contributed by atoms with Crippen LogP contribution in [0.25, 0.3) is 0 Å². The molecule has 0 saturated carbocycles. The number of amides is 1. The number of carboxylic acids is 1. The molecule has 0 radical (unpaired) electrons. The molecular weight excluding hydrogens is 281 g/mol. The van der Waals surface area contributed by atoms with Gasteiger partial charge in [-0.1, -0.05) is 15.9 Å². The quantitative estimate of drug-likeness (QED) is 0.892. The molecule has 0 heterocycles. The zero-order valence-electron chi connectivity index (χ0n) is 8.33. The Kier molecular flexibility index (Phi) is 4.00. The first-order valence-electron chi connectivity index (χ1n) is 4.36. The van der Waals surface area contributed by atoms with Crippen molar-refractivity contribution in [3.05, 3.63) is 34.1 Å². The number of hydrogen-bond acceptors (Lipinski definition) is 2. The van der Waals surface area contributed by atoms with E-state index >= 15 is 0 Å². The van der Waals surface area contributed by atoms with Gasteiger partial charge in [0.1, 0.15) is 5.82 Å². The molecule has 0 fully saturated rings. The molecule has 6 heteroatoms. The molecule has 1 aromatic carbocycles. The molecule has 1 atom stereocenters. The maximum Gasteiger partial charge on any atom is 0.330 e. The molecule has 0 aliphatic rings. The van der Waals surface area contributed by atoms with Crippen LogP contribution in [-0.2, 0) is 9.59 Å². The standard InChI is InChI=1S/C10H9BrFNO3/c1-5(14)13-9(10(15)16)7-4-6(12)2-3-8(7)11/h2-4,9H,1H3,(H,13,14)(H,15,16). The van der Waals surface area contributed by atoms with Crippen molar-refractivity contribution in [3.63, 3.8) is 0 Å². The largest absolute Gasteiger partial charge is 0.479 e. The van der Waals surface area contributed by atoms with Gasteiger partial charge in [-0.2, -0.15) is 0 Å². The predicted octanol–water partition coefficient (Wildman–Crippen LogP) is 1.85. The third kappa shape index (κ3) is 3.03. The van der Waals surface area contributed by atoms with E-state index in [4.69, 9.17) is 5.11 Å². The summed E-state index contributed by atoms with van der Waals surface area (Å²) in [6, 6.07) is 2.39. The molecule has 0 aromatic heterocycles. The summed E-state index contributed by atoms with van der Waals surface area (Å²) in [5, 5.41) is 11.2. The molecule has 2 N–H and O–H groups in total. The lowest BCUT2D eigenvalue weighted by molar-refractivity contribution is -0.141. The highest BCUT2D eigenvalue weighted by molar-refractivity contribution is 9.10. The zero-order chi connectivity index (χ0) is 12.3. The third-order valence-corrected chi connectivity index (χ3v) is 2.59. The maximum atomic E-state index is 13.0. The summed E-state index contributed by atoms with van der Waals surface area (Å²) >= 11 is 3.11. The summed E-state index contributed by atoms with van der Waals surface area (Å²) < 4.78 is 13.4. The van der Waals surface area contributed by atoms with Gasteiger partial charge in [0, 0.05) is 17.0 Å². The van der Waals surface area contributed by atoms with Crippen LogP contribution < -0.4 is 5.32 Å². The van der Waals surface area contributed by atoms with Crippen LogP contribution in [0.2, 0.25) is 0 Å². The van der Waals surface area contributed by atoms with E-state index in [1.165, 1.54) is 19.1 Å². The Bertz CT molecular complexity index is 436. The van der Waals surface area contributed by atoms with Crippen LogP contribution in [0.3, 0.4) is 0 Å². The van der Waals surface area contributed by atoms with E-state index in [9.17, 15) is 14.0 Å². The summed E-state index contributed by atoms with van der Waals surface area (Å²) in [5.74, 6) is -2.31. The average Bonchev–Trinajstić information content (AvgIpc) is 2.18. The van der Waals surface area contributed by atoms with Gasteiger partial charge in [-0.05, 0) is 18.2 Å². The van der Waals surface area contributed by atoms with Crippen molar-refractivity contribution in [3.8, 4) is 0 Å². The normalized spacial score (nSPS) is 11.9. The predicted molar refractivity (Wildman–Crippen MR) is 58.3 cm³/mol. The molecule has 1 amide bonds. The van der Waals surface area contributed by atoms with E-state index in [-0.39, 0.29) is 5.56 Å². The number of carbonyl (C=O) groups is 2. The van der Waals surface area contributed by atoms with Gasteiger partial charge in [-0.15, -0.1) is 0 Å². The van der Waals surface area contributed by atoms with Crippen LogP contribution in [0.1, 0.15) is 18.5 Å². The molecule has 1 unspecified atom stereocenters. The van der Waals surface area contributed by atoms with Gasteiger partial charge >= 0.3 is 5.97 Å². The minimum Gasteiger partial charge on any atom is -0.479 e. The number of carboxylic acid groups (broad SMARTS) is 1. The molecule has 0 aliphatic carbocycles.